The van der Waals surface area contributed by atoms with Gasteiger partial charge in [-0.05, 0) is 38.6 Å². The number of hydrogen-bond donors (Lipinski definition) is 4. The number of likely N-dealkylation sites (tertiary alicyclic amines) is 1. The van der Waals surface area contributed by atoms with Crippen molar-refractivity contribution in [1.29, 1.82) is 0 Å². The molecule has 0 saturated carbocycles. The molecule has 0 spiro atoms. The lowest BCUT2D eigenvalue weighted by atomic mass is 9.94. The predicted octanol–water partition coefficient (Wildman–Crippen LogP) is -1.60. The van der Waals surface area contributed by atoms with Gasteiger partial charge in [0.15, 0.2) is 0 Å². The summed E-state index contributed by atoms with van der Waals surface area (Å²) in [4.78, 5) is 11.2. The van der Waals surface area contributed by atoms with E-state index in [9.17, 15) is 5.11 Å². The van der Waals surface area contributed by atoms with E-state index in [4.69, 9.17) is 14.3 Å². The normalized spacial score (nSPS) is 44.1. The maximum Gasteiger partial charge on any atom is 0.146 e. The Morgan fingerprint density at radius 2 is 1.87 bits per heavy atom. The molecule has 9 nitrogen and oxygen atoms in total. The highest BCUT2D eigenvalue weighted by Gasteiger charge is 2.42. The molecule has 0 aromatic carbocycles. The van der Waals surface area contributed by atoms with E-state index in [0.717, 1.165) is 65.2 Å². The molecular weight excluding hydrogens is 386 g/mol. The number of quaternary nitrogens is 1. The molecule has 9 heteroatoms. The Morgan fingerprint density at radius 3 is 2.63 bits per heavy atom. The zero-order chi connectivity index (χ0) is 20.3. The van der Waals surface area contributed by atoms with Gasteiger partial charge in [-0.1, -0.05) is 0 Å². The van der Waals surface area contributed by atoms with Crippen LogP contribution in [-0.2, 0) is 14.3 Å². The number of nitrogens with two attached hydrogens (primary N) is 1. The third kappa shape index (κ3) is 4.84. The number of rotatable bonds is 6. The molecule has 0 amide bonds. The van der Waals surface area contributed by atoms with E-state index >= 15 is 0 Å². The number of piperidine rings is 1. The average Bonchev–Trinajstić information content (AvgIpc) is 3.55. The third-order valence-corrected chi connectivity index (χ3v) is 7.80. The highest BCUT2D eigenvalue weighted by atomic mass is 16.7. The van der Waals surface area contributed by atoms with Gasteiger partial charge < -0.3 is 19.9 Å². The van der Waals surface area contributed by atoms with Gasteiger partial charge in [0.2, 0.25) is 0 Å². The van der Waals surface area contributed by atoms with Crippen molar-refractivity contribution in [2.24, 2.45) is 5.92 Å². The average molecular weight is 427 g/mol. The number of aliphatic hydroxyl groups excluding tert-OH is 1. The molecule has 30 heavy (non-hydrogen) atoms. The number of hydrogen-bond acceptors (Lipinski definition) is 8. The highest BCUT2D eigenvalue weighted by molar-refractivity contribution is 4.91. The van der Waals surface area contributed by atoms with Crippen LogP contribution in [0.3, 0.4) is 0 Å². The number of aliphatic hydroxyl groups is 1. The molecule has 5 heterocycles. The van der Waals surface area contributed by atoms with Crippen molar-refractivity contribution in [3.05, 3.63) is 0 Å². The summed E-state index contributed by atoms with van der Waals surface area (Å²) in [6, 6.07) is 0.396. The first-order valence-electron chi connectivity index (χ1n) is 12.1. The molecule has 5 saturated heterocycles. The zero-order valence-corrected chi connectivity index (χ0v) is 18.1. The molecule has 0 aliphatic carbocycles. The van der Waals surface area contributed by atoms with E-state index in [1.807, 2.05) is 0 Å². The van der Waals surface area contributed by atoms with Crippen molar-refractivity contribution in [1.82, 2.24) is 20.6 Å². The molecule has 5 aliphatic rings. The quantitative estimate of drug-likeness (QED) is 0.404. The van der Waals surface area contributed by atoms with Gasteiger partial charge in [0.1, 0.15) is 12.4 Å². The summed E-state index contributed by atoms with van der Waals surface area (Å²) in [6.07, 6.45) is 8.05. The van der Waals surface area contributed by atoms with Gasteiger partial charge in [-0.3, -0.25) is 15.1 Å². The Morgan fingerprint density at radius 1 is 1.00 bits per heavy atom. The highest BCUT2D eigenvalue weighted by Crippen LogP contribution is 2.28. The van der Waals surface area contributed by atoms with Gasteiger partial charge in [-0.2, -0.15) is 5.48 Å². The van der Waals surface area contributed by atoms with Crippen LogP contribution >= 0.6 is 0 Å². The number of nitrogens with one attached hydrogen (secondary N) is 2. The maximum absolute atomic E-state index is 9.33. The van der Waals surface area contributed by atoms with Gasteiger partial charge in [-0.15, -0.1) is 0 Å². The van der Waals surface area contributed by atoms with Gasteiger partial charge in [0.05, 0.1) is 50.8 Å². The summed E-state index contributed by atoms with van der Waals surface area (Å²) in [6.45, 7) is 7.22. The Hall–Kier alpha value is -0.360. The van der Waals surface area contributed by atoms with E-state index in [1.165, 1.54) is 19.3 Å². The standard InChI is InChI=1S/C21H39N5O4/c27-14-17-5-4-16(29-17)13-26-7-1-2-18(26)21-23-20(24-30-21)15-3-6-19(22-12-15)25-8-10-28-11-9-25/h15-24,27H,1-14H2/p+1. The Labute approximate surface area is 179 Å². The van der Waals surface area contributed by atoms with Crippen LogP contribution in [0.1, 0.15) is 38.5 Å². The molecule has 5 rings (SSSR count). The van der Waals surface area contributed by atoms with Crippen LogP contribution in [0, 0.1) is 5.92 Å². The number of ether oxygens (including phenoxy) is 2. The summed E-state index contributed by atoms with van der Waals surface area (Å²) < 4.78 is 11.5. The second-order valence-corrected chi connectivity index (χ2v) is 9.67. The molecule has 0 aromatic heterocycles. The van der Waals surface area contributed by atoms with Crippen LogP contribution in [0.5, 0.6) is 0 Å². The summed E-state index contributed by atoms with van der Waals surface area (Å²) in [7, 11) is 0. The van der Waals surface area contributed by atoms with E-state index in [1.54, 1.807) is 0 Å². The molecule has 7 unspecified atom stereocenters. The van der Waals surface area contributed by atoms with Crippen LogP contribution in [0.4, 0.5) is 0 Å². The lowest BCUT2D eigenvalue weighted by molar-refractivity contribution is -0.724. The van der Waals surface area contributed by atoms with Gasteiger partial charge in [0.25, 0.3) is 0 Å². The van der Waals surface area contributed by atoms with Crippen molar-refractivity contribution in [3.8, 4) is 0 Å². The Bertz CT molecular complexity index is 543. The van der Waals surface area contributed by atoms with Crippen LogP contribution in [0.25, 0.3) is 0 Å². The van der Waals surface area contributed by atoms with Crippen molar-refractivity contribution in [2.75, 3.05) is 52.5 Å². The van der Waals surface area contributed by atoms with Crippen molar-refractivity contribution >= 4 is 0 Å². The second kappa shape index (κ2) is 10.1. The van der Waals surface area contributed by atoms with Crippen molar-refractivity contribution < 1.29 is 24.7 Å². The van der Waals surface area contributed by atoms with Crippen molar-refractivity contribution in [2.45, 2.75) is 75.3 Å². The van der Waals surface area contributed by atoms with Crippen LogP contribution in [0.15, 0.2) is 0 Å². The first-order valence-corrected chi connectivity index (χ1v) is 12.1. The Balaban J connectivity index is 1.08. The fraction of sp³-hybridized carbons (Fsp3) is 1.00. The molecule has 0 radical (unpaired) electrons. The molecule has 0 aromatic rings. The number of nitrogens with zero attached hydrogens (tertiary/aromatic N) is 2. The largest absolute Gasteiger partial charge is 0.394 e. The lowest BCUT2D eigenvalue weighted by Gasteiger charge is -2.37. The SMILES string of the molecule is OCC1CCC(CN2CCCC2C2NC(C3CCC(N4CCOCC4)[NH2+]C3)NO2)O1. The maximum atomic E-state index is 9.33. The van der Waals surface area contributed by atoms with E-state index in [-0.39, 0.29) is 31.2 Å². The van der Waals surface area contributed by atoms with Gasteiger partial charge in [-0.25, -0.2) is 4.90 Å². The molecule has 5 fully saturated rings. The minimum absolute atomic E-state index is 0.0341. The molecular formula is C21H40N5O4+. The third-order valence-electron chi connectivity index (χ3n) is 7.80. The smallest absolute Gasteiger partial charge is 0.146 e. The predicted molar refractivity (Wildman–Crippen MR) is 110 cm³/mol. The summed E-state index contributed by atoms with van der Waals surface area (Å²) in [5.41, 5.74) is 3.32. The topological polar surface area (TPSA) is 95.1 Å². The fourth-order valence-electron chi connectivity index (χ4n) is 6.04. The van der Waals surface area contributed by atoms with Gasteiger partial charge in [0, 0.05) is 32.0 Å². The van der Waals surface area contributed by atoms with Crippen LogP contribution < -0.4 is 16.1 Å². The monoisotopic (exact) mass is 426 g/mol. The second-order valence-electron chi connectivity index (χ2n) is 9.67. The Kier molecular flexibility index (Phi) is 7.20. The lowest BCUT2D eigenvalue weighted by Crippen LogP contribution is -2.96. The molecule has 0 bridgehead atoms. The molecule has 5 aliphatic heterocycles. The number of hydroxylamine groups is 1. The first kappa shape index (κ1) is 21.5. The molecule has 5 N–H and O–H groups in total. The van der Waals surface area contributed by atoms with Crippen molar-refractivity contribution in [3.63, 3.8) is 0 Å². The minimum Gasteiger partial charge on any atom is -0.394 e. The molecule has 7 atom stereocenters. The van der Waals surface area contributed by atoms with Crippen LogP contribution in [-0.4, -0.2) is 104 Å². The van der Waals surface area contributed by atoms with Crippen LogP contribution in [0.2, 0.25) is 0 Å². The number of morpholine rings is 1. The summed E-state index contributed by atoms with van der Waals surface area (Å²) >= 11 is 0. The zero-order valence-electron chi connectivity index (χ0n) is 18.1. The fourth-order valence-corrected chi connectivity index (χ4v) is 6.04. The summed E-state index contributed by atoms with van der Waals surface area (Å²) in [5.74, 6) is 0.589. The summed E-state index contributed by atoms with van der Waals surface area (Å²) in [5, 5.41) is 15.6. The van der Waals surface area contributed by atoms with Gasteiger partial charge >= 0.3 is 0 Å². The minimum atomic E-state index is 0.0341. The molecule has 172 valence electrons. The van der Waals surface area contributed by atoms with E-state index in [2.05, 4.69) is 25.9 Å². The van der Waals surface area contributed by atoms with E-state index in [0.29, 0.717) is 18.1 Å². The van der Waals surface area contributed by atoms with E-state index < -0.39 is 0 Å². The first-order chi connectivity index (χ1) is 14.8.